The van der Waals surface area contributed by atoms with Crippen LogP contribution in [0.3, 0.4) is 0 Å². The Balaban J connectivity index is 2.22. The van der Waals surface area contributed by atoms with E-state index < -0.39 is 8.15 Å². The summed E-state index contributed by atoms with van der Waals surface area (Å²) < 4.78 is 7.02. The van der Waals surface area contributed by atoms with Crippen LogP contribution in [0.4, 0.5) is 0 Å². The molecule has 0 saturated carbocycles. The van der Waals surface area contributed by atoms with E-state index in [0.717, 1.165) is 5.75 Å². The van der Waals surface area contributed by atoms with E-state index in [-0.39, 0.29) is 10.8 Å². The maximum Gasteiger partial charge on any atom is 0.150 e. The molecule has 29 heavy (non-hydrogen) atoms. The largest absolute Gasteiger partial charge is 0.464 e. The third kappa shape index (κ3) is 5.09. The van der Waals surface area contributed by atoms with Gasteiger partial charge in [0.2, 0.25) is 0 Å². The highest BCUT2D eigenvalue weighted by Crippen LogP contribution is 2.46. The maximum atomic E-state index is 7.02. The molecule has 0 aromatic heterocycles. The van der Waals surface area contributed by atoms with E-state index >= 15 is 0 Å². The van der Waals surface area contributed by atoms with E-state index in [2.05, 4.69) is 121 Å². The van der Waals surface area contributed by atoms with Crippen molar-refractivity contribution in [2.24, 2.45) is 0 Å². The molecule has 2 heteroatoms. The third-order valence-electron chi connectivity index (χ3n) is 5.01. The molecule has 0 fully saturated rings. The van der Waals surface area contributed by atoms with Crippen molar-refractivity contribution in [1.29, 1.82) is 0 Å². The molecule has 0 atom stereocenters. The lowest BCUT2D eigenvalue weighted by molar-refractivity contribution is 0.505. The minimum atomic E-state index is -0.964. The fourth-order valence-electron chi connectivity index (χ4n) is 3.46. The van der Waals surface area contributed by atoms with Crippen molar-refractivity contribution in [3.8, 4) is 5.75 Å². The average Bonchev–Trinajstić information content (AvgIpc) is 2.66. The lowest BCUT2D eigenvalue weighted by atomic mass is 9.78. The zero-order valence-electron chi connectivity index (χ0n) is 18.8. The van der Waals surface area contributed by atoms with Gasteiger partial charge in [-0.05, 0) is 17.8 Å². The van der Waals surface area contributed by atoms with E-state index in [0.29, 0.717) is 0 Å². The summed E-state index contributed by atoms with van der Waals surface area (Å²) in [5.74, 6) is 1.05. The zero-order chi connectivity index (χ0) is 21.2. The summed E-state index contributed by atoms with van der Waals surface area (Å²) in [4.78, 5) is 0. The summed E-state index contributed by atoms with van der Waals surface area (Å²) >= 11 is 0. The molecule has 0 N–H and O–H groups in total. The Morgan fingerprint density at radius 2 is 1.00 bits per heavy atom. The molecule has 152 valence electrons. The molecule has 1 nitrogen and oxygen atoms in total. The van der Waals surface area contributed by atoms with Crippen LogP contribution < -0.4 is 15.1 Å². The smallest absolute Gasteiger partial charge is 0.150 e. The van der Waals surface area contributed by atoms with Crippen LogP contribution in [0.1, 0.15) is 58.2 Å². The van der Waals surface area contributed by atoms with Crippen LogP contribution >= 0.6 is 8.15 Å². The molecule has 3 aromatic rings. The number of aryl methyl sites for hydroxylation is 1. The van der Waals surface area contributed by atoms with Gasteiger partial charge in [0.1, 0.15) is 5.75 Å². The highest BCUT2D eigenvalue weighted by atomic mass is 31.1. The molecule has 0 bridgehead atoms. The molecule has 0 aliphatic rings. The molecule has 0 heterocycles. The van der Waals surface area contributed by atoms with Gasteiger partial charge in [-0.1, -0.05) is 120 Å². The molecule has 0 radical (unpaired) electrons. The van der Waals surface area contributed by atoms with Gasteiger partial charge in [0.05, 0.1) is 0 Å². The number of rotatable bonds is 4. The lowest BCUT2D eigenvalue weighted by Crippen LogP contribution is -2.22. The van der Waals surface area contributed by atoms with Gasteiger partial charge in [0.15, 0.2) is 8.15 Å². The first-order valence-electron chi connectivity index (χ1n) is 10.3. The zero-order valence-corrected chi connectivity index (χ0v) is 19.7. The summed E-state index contributed by atoms with van der Waals surface area (Å²) in [6.07, 6.45) is 0. The Morgan fingerprint density at radius 1 is 0.621 bits per heavy atom. The molecule has 0 spiro atoms. The van der Waals surface area contributed by atoms with E-state index in [1.807, 2.05) is 0 Å². The SMILES string of the molecule is Cc1cc(C(C)(C)C)c(OP(c2ccccc2)c2ccccc2)c(C(C)(C)C)c1. The molecule has 0 unspecified atom stereocenters. The van der Waals surface area contributed by atoms with Crippen molar-refractivity contribution < 1.29 is 4.52 Å². The van der Waals surface area contributed by atoms with Crippen molar-refractivity contribution in [2.45, 2.75) is 59.3 Å². The quantitative estimate of drug-likeness (QED) is 0.425. The summed E-state index contributed by atoms with van der Waals surface area (Å²) in [7, 11) is -0.964. The predicted octanol–water partition coefficient (Wildman–Crippen LogP) is 7.02. The van der Waals surface area contributed by atoms with Gasteiger partial charge in [0, 0.05) is 21.7 Å². The monoisotopic (exact) mass is 404 g/mol. The normalized spacial score (nSPS) is 12.3. The standard InChI is InChI=1S/C27H33OP/c1-20-18-23(26(2,3)4)25(24(19-20)27(5,6)7)28-29(21-14-10-8-11-15-21)22-16-12-9-13-17-22/h8-19H,1-7H3. The van der Waals surface area contributed by atoms with Crippen LogP contribution in [-0.2, 0) is 10.8 Å². The first kappa shape index (κ1) is 21.6. The number of benzene rings is 3. The first-order chi connectivity index (χ1) is 13.6. The number of hydrogen-bond donors (Lipinski definition) is 0. The highest BCUT2D eigenvalue weighted by molar-refractivity contribution is 7.68. The second kappa shape index (κ2) is 8.33. The van der Waals surface area contributed by atoms with Crippen molar-refractivity contribution in [1.82, 2.24) is 0 Å². The Kier molecular flexibility index (Phi) is 6.20. The number of hydrogen-bond acceptors (Lipinski definition) is 1. The molecule has 0 saturated heterocycles. The minimum Gasteiger partial charge on any atom is -0.464 e. The minimum absolute atomic E-state index is 0.00423. The molecule has 3 rings (SSSR count). The fraction of sp³-hybridized carbons (Fsp3) is 0.333. The second-order valence-electron chi connectivity index (χ2n) is 9.75. The van der Waals surface area contributed by atoms with Gasteiger partial charge in [-0.3, -0.25) is 0 Å². The van der Waals surface area contributed by atoms with Crippen molar-refractivity contribution in [3.05, 3.63) is 89.5 Å². The van der Waals surface area contributed by atoms with Gasteiger partial charge in [-0.15, -0.1) is 0 Å². The Labute approximate surface area is 178 Å². The van der Waals surface area contributed by atoms with Crippen LogP contribution in [0.25, 0.3) is 0 Å². The van der Waals surface area contributed by atoms with Crippen LogP contribution in [0, 0.1) is 6.92 Å². The molecule has 0 amide bonds. The van der Waals surface area contributed by atoms with Gasteiger partial charge in [-0.25, -0.2) is 0 Å². The van der Waals surface area contributed by atoms with Gasteiger partial charge >= 0.3 is 0 Å². The fourth-order valence-corrected chi connectivity index (χ4v) is 5.23. The van der Waals surface area contributed by atoms with E-state index in [9.17, 15) is 0 Å². The molecule has 0 aliphatic heterocycles. The summed E-state index contributed by atoms with van der Waals surface area (Å²) in [5, 5.41) is 2.46. The topological polar surface area (TPSA) is 9.23 Å². The Bertz CT molecular complexity index is 873. The molecular weight excluding hydrogens is 371 g/mol. The molecular formula is C27H33OP. The summed E-state index contributed by atoms with van der Waals surface area (Å²) in [5.41, 5.74) is 3.84. The molecule has 0 aliphatic carbocycles. The van der Waals surface area contributed by atoms with E-state index in [1.165, 1.54) is 27.3 Å². The average molecular weight is 405 g/mol. The van der Waals surface area contributed by atoms with Crippen LogP contribution in [0.15, 0.2) is 72.8 Å². The third-order valence-corrected chi connectivity index (χ3v) is 6.91. The van der Waals surface area contributed by atoms with Crippen molar-refractivity contribution in [3.63, 3.8) is 0 Å². The van der Waals surface area contributed by atoms with E-state index in [1.54, 1.807) is 0 Å². The first-order valence-corrected chi connectivity index (χ1v) is 11.6. The van der Waals surface area contributed by atoms with Crippen LogP contribution in [0.5, 0.6) is 5.75 Å². The van der Waals surface area contributed by atoms with Crippen molar-refractivity contribution >= 4 is 18.8 Å². The Hall–Kier alpha value is -2.11. The predicted molar refractivity (Wildman–Crippen MR) is 128 cm³/mol. The summed E-state index contributed by atoms with van der Waals surface area (Å²) in [6, 6.07) is 25.8. The Morgan fingerprint density at radius 3 is 1.34 bits per heavy atom. The summed E-state index contributed by atoms with van der Waals surface area (Å²) in [6.45, 7) is 15.8. The maximum absolute atomic E-state index is 7.02. The van der Waals surface area contributed by atoms with Crippen LogP contribution in [-0.4, -0.2) is 0 Å². The highest BCUT2D eigenvalue weighted by Gasteiger charge is 2.30. The second-order valence-corrected chi connectivity index (χ2v) is 11.6. The van der Waals surface area contributed by atoms with Crippen LogP contribution in [0.2, 0.25) is 0 Å². The van der Waals surface area contributed by atoms with Gasteiger partial charge in [0.25, 0.3) is 0 Å². The van der Waals surface area contributed by atoms with Gasteiger partial charge < -0.3 is 4.52 Å². The molecule has 3 aromatic carbocycles. The lowest BCUT2D eigenvalue weighted by Gasteiger charge is -2.32. The van der Waals surface area contributed by atoms with Crippen molar-refractivity contribution in [2.75, 3.05) is 0 Å². The van der Waals surface area contributed by atoms with E-state index in [4.69, 9.17) is 4.52 Å². The van der Waals surface area contributed by atoms with Gasteiger partial charge in [-0.2, -0.15) is 0 Å².